The zero-order valence-electron chi connectivity index (χ0n) is 8.79. The third kappa shape index (κ3) is 4.88. The molecule has 3 nitrogen and oxygen atoms in total. The maximum atomic E-state index is 10.6. The lowest BCUT2D eigenvalue weighted by molar-refractivity contribution is -0.141. The number of hydrogen-bond donors (Lipinski definition) is 2. The van der Waals surface area contributed by atoms with Gasteiger partial charge in [-0.25, -0.2) is 0 Å². The Morgan fingerprint density at radius 1 is 1.31 bits per heavy atom. The maximum Gasteiger partial charge on any atom is 0.307 e. The van der Waals surface area contributed by atoms with Crippen LogP contribution in [0.1, 0.15) is 33.6 Å². The normalized spacial score (nSPS) is 15.8. The van der Waals surface area contributed by atoms with E-state index in [1.807, 2.05) is 0 Å². The molecule has 0 radical (unpaired) electrons. The lowest BCUT2D eigenvalue weighted by Crippen LogP contribution is -2.24. The van der Waals surface area contributed by atoms with Crippen molar-refractivity contribution in [1.82, 2.24) is 0 Å². The standard InChI is InChI=1S/C10H21NO2/c1-7(2)8(3)4-5-9(6-11)10(12)13/h7-9H,4-6,11H2,1-3H3,(H,12,13). The minimum Gasteiger partial charge on any atom is -0.481 e. The molecule has 0 saturated heterocycles. The minimum atomic E-state index is -0.765. The molecule has 0 amide bonds. The van der Waals surface area contributed by atoms with E-state index in [-0.39, 0.29) is 12.5 Å². The molecule has 0 bridgehead atoms. The molecule has 78 valence electrons. The van der Waals surface area contributed by atoms with Gasteiger partial charge in [-0.15, -0.1) is 0 Å². The van der Waals surface area contributed by atoms with Gasteiger partial charge in [0.05, 0.1) is 5.92 Å². The van der Waals surface area contributed by atoms with Crippen molar-refractivity contribution in [1.29, 1.82) is 0 Å². The SMILES string of the molecule is CC(C)C(C)CCC(CN)C(=O)O. The van der Waals surface area contributed by atoms with E-state index in [0.717, 1.165) is 6.42 Å². The van der Waals surface area contributed by atoms with Crippen molar-refractivity contribution in [3.05, 3.63) is 0 Å². The van der Waals surface area contributed by atoms with E-state index in [9.17, 15) is 4.79 Å². The van der Waals surface area contributed by atoms with E-state index >= 15 is 0 Å². The molecule has 3 heteroatoms. The summed E-state index contributed by atoms with van der Waals surface area (Å²) < 4.78 is 0. The first-order valence-corrected chi connectivity index (χ1v) is 4.91. The van der Waals surface area contributed by atoms with Crippen LogP contribution in [0.3, 0.4) is 0 Å². The van der Waals surface area contributed by atoms with Gasteiger partial charge >= 0.3 is 5.97 Å². The number of rotatable bonds is 6. The van der Waals surface area contributed by atoms with Crippen LogP contribution in [0, 0.1) is 17.8 Å². The van der Waals surface area contributed by atoms with Crippen LogP contribution >= 0.6 is 0 Å². The molecule has 0 aromatic carbocycles. The van der Waals surface area contributed by atoms with Crippen molar-refractivity contribution >= 4 is 5.97 Å². The van der Waals surface area contributed by atoms with Gasteiger partial charge in [-0.1, -0.05) is 20.8 Å². The lowest BCUT2D eigenvalue weighted by Gasteiger charge is -2.17. The molecule has 0 heterocycles. The van der Waals surface area contributed by atoms with Crippen molar-refractivity contribution in [2.24, 2.45) is 23.5 Å². The third-order valence-corrected chi connectivity index (χ3v) is 2.74. The molecular formula is C10H21NO2. The molecule has 0 spiro atoms. The molecule has 3 N–H and O–H groups in total. The van der Waals surface area contributed by atoms with Gasteiger partial charge in [0.1, 0.15) is 0 Å². The molecule has 0 saturated carbocycles. The fourth-order valence-corrected chi connectivity index (χ4v) is 1.14. The average molecular weight is 187 g/mol. The highest BCUT2D eigenvalue weighted by Crippen LogP contribution is 2.18. The van der Waals surface area contributed by atoms with Crippen LogP contribution in [0.25, 0.3) is 0 Å². The molecule has 0 aliphatic carbocycles. The number of aliphatic carboxylic acids is 1. The van der Waals surface area contributed by atoms with E-state index < -0.39 is 5.97 Å². The van der Waals surface area contributed by atoms with Crippen LogP contribution in [0.2, 0.25) is 0 Å². The second-order valence-corrected chi connectivity index (χ2v) is 4.07. The Labute approximate surface area is 80.3 Å². The largest absolute Gasteiger partial charge is 0.481 e. The second-order valence-electron chi connectivity index (χ2n) is 4.07. The van der Waals surface area contributed by atoms with E-state index in [2.05, 4.69) is 20.8 Å². The van der Waals surface area contributed by atoms with E-state index in [0.29, 0.717) is 18.3 Å². The molecule has 0 fully saturated rings. The molecule has 0 rings (SSSR count). The average Bonchev–Trinajstić information content (AvgIpc) is 2.04. The van der Waals surface area contributed by atoms with Crippen LogP contribution in [0.15, 0.2) is 0 Å². The van der Waals surface area contributed by atoms with Gasteiger partial charge in [-0.3, -0.25) is 4.79 Å². The summed E-state index contributed by atoms with van der Waals surface area (Å²) in [7, 11) is 0. The fraction of sp³-hybridized carbons (Fsp3) is 0.900. The highest BCUT2D eigenvalue weighted by atomic mass is 16.4. The zero-order valence-corrected chi connectivity index (χ0v) is 8.79. The predicted octanol–water partition coefficient (Wildman–Crippen LogP) is 1.72. The summed E-state index contributed by atoms with van der Waals surface area (Å²) in [4.78, 5) is 10.6. The van der Waals surface area contributed by atoms with Crippen molar-refractivity contribution in [2.45, 2.75) is 33.6 Å². The van der Waals surface area contributed by atoms with Crippen LogP contribution in [-0.4, -0.2) is 17.6 Å². The van der Waals surface area contributed by atoms with E-state index in [1.54, 1.807) is 0 Å². The number of carboxylic acid groups (broad SMARTS) is 1. The first-order valence-electron chi connectivity index (χ1n) is 4.91. The molecule has 2 atom stereocenters. The number of hydrogen-bond acceptors (Lipinski definition) is 2. The van der Waals surface area contributed by atoms with Crippen molar-refractivity contribution in [3.63, 3.8) is 0 Å². The first kappa shape index (κ1) is 12.4. The minimum absolute atomic E-state index is 0.250. The van der Waals surface area contributed by atoms with E-state index in [1.165, 1.54) is 0 Å². The Morgan fingerprint density at radius 3 is 2.15 bits per heavy atom. The monoisotopic (exact) mass is 187 g/mol. The Balaban J connectivity index is 3.78. The number of carboxylic acids is 1. The predicted molar refractivity (Wildman–Crippen MR) is 53.4 cm³/mol. The highest BCUT2D eigenvalue weighted by Gasteiger charge is 2.17. The summed E-state index contributed by atoms with van der Waals surface area (Å²) in [5, 5.41) is 8.74. The van der Waals surface area contributed by atoms with Crippen molar-refractivity contribution < 1.29 is 9.90 Å². The number of nitrogens with two attached hydrogens (primary N) is 1. The molecule has 0 aliphatic rings. The van der Waals surface area contributed by atoms with Crippen LogP contribution < -0.4 is 5.73 Å². The lowest BCUT2D eigenvalue weighted by atomic mass is 9.89. The van der Waals surface area contributed by atoms with Gasteiger partial charge < -0.3 is 10.8 Å². The van der Waals surface area contributed by atoms with Gasteiger partial charge in [0.25, 0.3) is 0 Å². The van der Waals surface area contributed by atoms with Gasteiger partial charge in [0.2, 0.25) is 0 Å². The molecule has 2 unspecified atom stereocenters. The van der Waals surface area contributed by atoms with Crippen LogP contribution in [0.5, 0.6) is 0 Å². The summed E-state index contributed by atoms with van der Waals surface area (Å²) in [6.07, 6.45) is 1.65. The van der Waals surface area contributed by atoms with Crippen LogP contribution in [-0.2, 0) is 4.79 Å². The summed E-state index contributed by atoms with van der Waals surface area (Å²) in [6.45, 7) is 6.71. The van der Waals surface area contributed by atoms with Gasteiger partial charge in [-0.05, 0) is 24.7 Å². The third-order valence-electron chi connectivity index (χ3n) is 2.74. The smallest absolute Gasteiger partial charge is 0.307 e. The van der Waals surface area contributed by atoms with Gasteiger partial charge in [0.15, 0.2) is 0 Å². The van der Waals surface area contributed by atoms with E-state index in [4.69, 9.17) is 10.8 Å². The van der Waals surface area contributed by atoms with Gasteiger partial charge in [0, 0.05) is 6.54 Å². The van der Waals surface area contributed by atoms with Crippen LogP contribution in [0.4, 0.5) is 0 Å². The van der Waals surface area contributed by atoms with Gasteiger partial charge in [-0.2, -0.15) is 0 Å². The second kappa shape index (κ2) is 5.97. The summed E-state index contributed by atoms with van der Waals surface area (Å²) in [6, 6.07) is 0. The summed E-state index contributed by atoms with van der Waals surface area (Å²) in [5.74, 6) is 0.0697. The molecular weight excluding hydrogens is 166 g/mol. The molecule has 0 aliphatic heterocycles. The molecule has 0 aromatic heterocycles. The summed E-state index contributed by atoms with van der Waals surface area (Å²) in [5.41, 5.74) is 5.36. The van der Waals surface area contributed by atoms with Crippen molar-refractivity contribution in [2.75, 3.05) is 6.54 Å². The quantitative estimate of drug-likeness (QED) is 0.665. The first-order chi connectivity index (χ1) is 5.99. The van der Waals surface area contributed by atoms with Crippen molar-refractivity contribution in [3.8, 4) is 0 Å². The molecule has 0 aromatic rings. The zero-order chi connectivity index (χ0) is 10.4. The summed E-state index contributed by atoms with van der Waals surface area (Å²) >= 11 is 0. The Hall–Kier alpha value is -0.570. The Morgan fingerprint density at radius 2 is 1.85 bits per heavy atom. The topological polar surface area (TPSA) is 63.3 Å². The fourth-order valence-electron chi connectivity index (χ4n) is 1.14. The number of carbonyl (C=O) groups is 1. The Bertz CT molecular complexity index is 157. The maximum absolute atomic E-state index is 10.6. The molecule has 13 heavy (non-hydrogen) atoms. The Kier molecular flexibility index (Phi) is 5.71. The highest BCUT2D eigenvalue weighted by molar-refractivity contribution is 5.70.